The third-order valence-corrected chi connectivity index (χ3v) is 3.07. The Morgan fingerprint density at radius 3 is 2.72 bits per heavy atom. The Hall–Kier alpha value is -0.870. The quantitative estimate of drug-likeness (QED) is 0.784. The third kappa shape index (κ3) is 5.65. The standard InChI is InChI=1S/C14H20BrNO2/c1-11-8-12(10-13(15)9-11)14(17)16-6-4-3-5-7-18-2/h8-10H,3-7H2,1-2H3,(H,16,17). The van der Waals surface area contributed by atoms with Crippen LogP contribution in [0.15, 0.2) is 22.7 Å². The number of aryl methyl sites for hydroxylation is 1. The SMILES string of the molecule is COCCCCCNC(=O)c1cc(C)cc(Br)c1. The van der Waals surface area contributed by atoms with E-state index in [1.54, 1.807) is 7.11 Å². The number of hydrogen-bond donors (Lipinski definition) is 1. The summed E-state index contributed by atoms with van der Waals surface area (Å²) in [5.41, 5.74) is 1.79. The van der Waals surface area contributed by atoms with Crippen LogP contribution in [0.4, 0.5) is 0 Å². The molecule has 1 aromatic carbocycles. The summed E-state index contributed by atoms with van der Waals surface area (Å²) >= 11 is 3.40. The third-order valence-electron chi connectivity index (χ3n) is 2.62. The van der Waals surface area contributed by atoms with Crippen molar-refractivity contribution < 1.29 is 9.53 Å². The number of benzene rings is 1. The molecule has 0 saturated carbocycles. The lowest BCUT2D eigenvalue weighted by Gasteiger charge is -2.06. The highest BCUT2D eigenvalue weighted by atomic mass is 79.9. The van der Waals surface area contributed by atoms with E-state index in [9.17, 15) is 4.79 Å². The average Bonchev–Trinajstić information content (AvgIpc) is 2.32. The summed E-state index contributed by atoms with van der Waals surface area (Å²) in [7, 11) is 1.71. The molecule has 18 heavy (non-hydrogen) atoms. The van der Waals surface area contributed by atoms with Crippen LogP contribution in [0.25, 0.3) is 0 Å². The van der Waals surface area contributed by atoms with Crippen molar-refractivity contribution in [2.24, 2.45) is 0 Å². The van der Waals surface area contributed by atoms with E-state index in [1.807, 2.05) is 25.1 Å². The number of carbonyl (C=O) groups excluding carboxylic acids is 1. The number of methoxy groups -OCH3 is 1. The summed E-state index contributed by atoms with van der Waals surface area (Å²) in [6, 6.07) is 5.72. The largest absolute Gasteiger partial charge is 0.385 e. The zero-order chi connectivity index (χ0) is 13.4. The molecule has 0 saturated heterocycles. The van der Waals surface area contributed by atoms with E-state index in [2.05, 4.69) is 21.2 Å². The first-order valence-electron chi connectivity index (χ1n) is 6.18. The summed E-state index contributed by atoms with van der Waals surface area (Å²) in [6.07, 6.45) is 3.11. The molecule has 0 aliphatic heterocycles. The maximum absolute atomic E-state index is 11.9. The van der Waals surface area contributed by atoms with Gasteiger partial charge in [0.2, 0.25) is 0 Å². The van der Waals surface area contributed by atoms with Gasteiger partial charge in [-0.3, -0.25) is 4.79 Å². The molecule has 0 radical (unpaired) electrons. The zero-order valence-electron chi connectivity index (χ0n) is 11.0. The summed E-state index contributed by atoms with van der Waals surface area (Å²) < 4.78 is 5.91. The highest BCUT2D eigenvalue weighted by Gasteiger charge is 2.06. The van der Waals surface area contributed by atoms with Gasteiger partial charge in [-0.15, -0.1) is 0 Å². The molecular weight excluding hydrogens is 294 g/mol. The van der Waals surface area contributed by atoms with Crippen molar-refractivity contribution in [2.75, 3.05) is 20.3 Å². The highest BCUT2D eigenvalue weighted by Crippen LogP contribution is 2.15. The van der Waals surface area contributed by atoms with E-state index in [4.69, 9.17) is 4.74 Å². The molecule has 0 aliphatic rings. The lowest BCUT2D eigenvalue weighted by molar-refractivity contribution is 0.0952. The van der Waals surface area contributed by atoms with Crippen LogP contribution in [-0.4, -0.2) is 26.2 Å². The summed E-state index contributed by atoms with van der Waals surface area (Å²) in [4.78, 5) is 11.9. The van der Waals surface area contributed by atoms with Crippen LogP contribution in [0.5, 0.6) is 0 Å². The van der Waals surface area contributed by atoms with E-state index in [1.165, 1.54) is 0 Å². The fourth-order valence-corrected chi connectivity index (χ4v) is 2.33. The molecule has 1 rings (SSSR count). The Balaban J connectivity index is 2.32. The molecule has 1 aromatic rings. The van der Waals surface area contributed by atoms with Crippen molar-refractivity contribution >= 4 is 21.8 Å². The Morgan fingerprint density at radius 2 is 2.06 bits per heavy atom. The first kappa shape index (κ1) is 15.2. The number of unbranched alkanes of at least 4 members (excludes halogenated alkanes) is 2. The van der Waals surface area contributed by atoms with Gasteiger partial charge in [0.05, 0.1) is 0 Å². The van der Waals surface area contributed by atoms with E-state index >= 15 is 0 Å². The van der Waals surface area contributed by atoms with Crippen molar-refractivity contribution in [1.29, 1.82) is 0 Å². The number of hydrogen-bond acceptors (Lipinski definition) is 2. The van der Waals surface area contributed by atoms with E-state index < -0.39 is 0 Å². The number of amides is 1. The molecule has 100 valence electrons. The predicted octanol–water partition coefficient (Wildman–Crippen LogP) is 3.30. The Bertz CT molecular complexity index is 373. The molecule has 0 aromatic heterocycles. The van der Waals surface area contributed by atoms with Gasteiger partial charge in [0, 0.05) is 30.3 Å². The average molecular weight is 314 g/mol. The smallest absolute Gasteiger partial charge is 0.251 e. The highest BCUT2D eigenvalue weighted by molar-refractivity contribution is 9.10. The maximum Gasteiger partial charge on any atom is 0.251 e. The number of rotatable bonds is 7. The minimum absolute atomic E-state index is 0.00820. The lowest BCUT2D eigenvalue weighted by atomic mass is 10.1. The maximum atomic E-state index is 11.9. The van der Waals surface area contributed by atoms with Crippen molar-refractivity contribution in [2.45, 2.75) is 26.2 Å². The Labute approximate surface area is 117 Å². The van der Waals surface area contributed by atoms with Gasteiger partial charge in [0.25, 0.3) is 5.91 Å². The minimum Gasteiger partial charge on any atom is -0.385 e. The fraction of sp³-hybridized carbons (Fsp3) is 0.500. The van der Waals surface area contributed by atoms with Gasteiger partial charge >= 0.3 is 0 Å². The van der Waals surface area contributed by atoms with Gasteiger partial charge in [-0.05, 0) is 49.9 Å². The molecule has 0 bridgehead atoms. The van der Waals surface area contributed by atoms with Gasteiger partial charge in [0.1, 0.15) is 0 Å². The van der Waals surface area contributed by atoms with Crippen LogP contribution >= 0.6 is 15.9 Å². The topological polar surface area (TPSA) is 38.3 Å². The van der Waals surface area contributed by atoms with E-state index in [-0.39, 0.29) is 5.91 Å². The number of nitrogens with one attached hydrogen (secondary N) is 1. The first-order valence-corrected chi connectivity index (χ1v) is 6.97. The van der Waals surface area contributed by atoms with Crippen LogP contribution in [0.1, 0.15) is 35.2 Å². The first-order chi connectivity index (χ1) is 8.63. The lowest BCUT2D eigenvalue weighted by Crippen LogP contribution is -2.24. The van der Waals surface area contributed by atoms with Crippen molar-refractivity contribution in [1.82, 2.24) is 5.32 Å². The molecule has 0 spiro atoms. The van der Waals surface area contributed by atoms with E-state index in [0.717, 1.165) is 35.9 Å². The van der Waals surface area contributed by atoms with Gasteiger partial charge < -0.3 is 10.1 Å². The molecule has 3 nitrogen and oxygen atoms in total. The zero-order valence-corrected chi connectivity index (χ0v) is 12.5. The molecular formula is C14H20BrNO2. The number of carbonyl (C=O) groups is 1. The summed E-state index contributed by atoms with van der Waals surface area (Å²) in [5, 5.41) is 2.93. The Kier molecular flexibility index (Phi) is 6.98. The normalized spacial score (nSPS) is 10.4. The number of halogens is 1. The van der Waals surface area contributed by atoms with Crippen molar-refractivity contribution in [3.05, 3.63) is 33.8 Å². The molecule has 1 amide bonds. The molecule has 0 atom stereocenters. The Morgan fingerprint density at radius 1 is 1.28 bits per heavy atom. The van der Waals surface area contributed by atoms with Gasteiger partial charge in [-0.2, -0.15) is 0 Å². The van der Waals surface area contributed by atoms with Crippen molar-refractivity contribution in [3.63, 3.8) is 0 Å². The van der Waals surface area contributed by atoms with Crippen LogP contribution < -0.4 is 5.32 Å². The van der Waals surface area contributed by atoms with Crippen LogP contribution in [0.3, 0.4) is 0 Å². The molecule has 0 fully saturated rings. The van der Waals surface area contributed by atoms with E-state index in [0.29, 0.717) is 12.1 Å². The fourth-order valence-electron chi connectivity index (χ4n) is 1.72. The van der Waals surface area contributed by atoms with Gasteiger partial charge in [0.15, 0.2) is 0 Å². The molecule has 4 heteroatoms. The molecule has 1 N–H and O–H groups in total. The van der Waals surface area contributed by atoms with Crippen LogP contribution in [0.2, 0.25) is 0 Å². The van der Waals surface area contributed by atoms with Crippen molar-refractivity contribution in [3.8, 4) is 0 Å². The molecule has 0 unspecified atom stereocenters. The second-order valence-electron chi connectivity index (χ2n) is 4.33. The van der Waals surface area contributed by atoms with Gasteiger partial charge in [-0.25, -0.2) is 0 Å². The van der Waals surface area contributed by atoms with Crippen LogP contribution in [-0.2, 0) is 4.74 Å². The predicted molar refractivity (Wildman–Crippen MR) is 76.9 cm³/mol. The second-order valence-corrected chi connectivity index (χ2v) is 5.24. The monoisotopic (exact) mass is 313 g/mol. The van der Waals surface area contributed by atoms with Gasteiger partial charge in [-0.1, -0.05) is 15.9 Å². The summed E-state index contributed by atoms with van der Waals surface area (Å²) in [5.74, 6) is -0.00820. The molecule has 0 heterocycles. The van der Waals surface area contributed by atoms with Crippen LogP contribution in [0, 0.1) is 6.92 Å². The summed E-state index contributed by atoms with van der Waals surface area (Å²) in [6.45, 7) is 3.49. The number of ether oxygens (including phenoxy) is 1. The minimum atomic E-state index is -0.00820. The molecule has 0 aliphatic carbocycles. The second kappa shape index (κ2) is 8.27.